The largest absolute Gasteiger partial charge is 0.380 e. The molecule has 0 aromatic carbocycles. The summed E-state index contributed by atoms with van der Waals surface area (Å²) in [7, 11) is 0. The van der Waals surface area contributed by atoms with Gasteiger partial charge in [-0.2, -0.15) is 0 Å². The second kappa shape index (κ2) is 7.17. The van der Waals surface area contributed by atoms with Crippen molar-refractivity contribution in [1.82, 2.24) is 10.3 Å². The molecule has 15 heavy (non-hydrogen) atoms. The molecule has 86 valence electrons. The molecule has 0 unspecified atom stereocenters. The van der Waals surface area contributed by atoms with Gasteiger partial charge in [0.15, 0.2) is 0 Å². The van der Waals surface area contributed by atoms with Gasteiger partial charge >= 0.3 is 0 Å². The highest BCUT2D eigenvalue weighted by Crippen LogP contribution is 2.28. The fraction of sp³-hybridized carbons (Fsp3) is 0.700. The molecule has 0 spiro atoms. The third kappa shape index (κ3) is 5.47. The summed E-state index contributed by atoms with van der Waals surface area (Å²) in [4.78, 5) is 4.19. The zero-order chi connectivity index (χ0) is 9.64. The monoisotopic (exact) mass is 248 g/mol. The molecule has 1 aromatic heterocycles. The molecule has 3 nitrogen and oxygen atoms in total. The molecular formula is C10H17ClN2OS. The van der Waals surface area contributed by atoms with Crippen LogP contribution in [0.5, 0.6) is 0 Å². The van der Waals surface area contributed by atoms with Crippen molar-refractivity contribution in [3.63, 3.8) is 0 Å². The number of rotatable bonds is 7. The van der Waals surface area contributed by atoms with Gasteiger partial charge in [-0.05, 0) is 18.8 Å². The van der Waals surface area contributed by atoms with Gasteiger partial charge in [0.1, 0.15) is 0 Å². The van der Waals surface area contributed by atoms with E-state index < -0.39 is 0 Å². The topological polar surface area (TPSA) is 34.2 Å². The highest BCUT2D eigenvalue weighted by molar-refractivity contribution is 7.07. The van der Waals surface area contributed by atoms with Crippen molar-refractivity contribution >= 4 is 23.7 Å². The van der Waals surface area contributed by atoms with E-state index in [1.807, 2.05) is 5.51 Å². The first kappa shape index (κ1) is 12.9. The van der Waals surface area contributed by atoms with Gasteiger partial charge in [-0.1, -0.05) is 0 Å². The van der Waals surface area contributed by atoms with Gasteiger partial charge in [-0.25, -0.2) is 4.98 Å². The SMILES string of the molecule is Cl.c1nc(CNCCOCC2CC2)cs1. The van der Waals surface area contributed by atoms with Gasteiger partial charge in [0.05, 0.1) is 17.8 Å². The predicted molar refractivity (Wildman–Crippen MR) is 64.6 cm³/mol. The van der Waals surface area contributed by atoms with E-state index in [-0.39, 0.29) is 12.4 Å². The summed E-state index contributed by atoms with van der Waals surface area (Å²) in [5.41, 5.74) is 2.98. The summed E-state index contributed by atoms with van der Waals surface area (Å²) in [5.74, 6) is 0.869. The first-order valence-corrected chi connectivity index (χ1v) is 6.05. The Morgan fingerprint density at radius 2 is 2.40 bits per heavy atom. The standard InChI is InChI=1S/C10H16N2OS.ClH/c1-2-9(1)6-13-4-3-11-5-10-7-14-8-12-10;/h7-9,11H,1-6H2;1H. The number of thiazole rings is 1. The van der Waals surface area contributed by atoms with Crippen LogP contribution in [0, 0.1) is 5.92 Å². The Morgan fingerprint density at radius 3 is 3.07 bits per heavy atom. The van der Waals surface area contributed by atoms with Crippen LogP contribution in [0.1, 0.15) is 18.5 Å². The molecule has 0 amide bonds. The maximum Gasteiger partial charge on any atom is 0.0795 e. The molecule has 1 N–H and O–H groups in total. The van der Waals surface area contributed by atoms with E-state index in [4.69, 9.17) is 4.74 Å². The van der Waals surface area contributed by atoms with Crippen LogP contribution in [0.4, 0.5) is 0 Å². The summed E-state index contributed by atoms with van der Waals surface area (Å²) in [6.07, 6.45) is 2.73. The molecule has 0 radical (unpaired) electrons. The van der Waals surface area contributed by atoms with Crippen molar-refractivity contribution in [3.8, 4) is 0 Å². The molecule has 0 saturated heterocycles. The molecule has 1 saturated carbocycles. The van der Waals surface area contributed by atoms with E-state index in [1.165, 1.54) is 12.8 Å². The van der Waals surface area contributed by atoms with Crippen molar-refractivity contribution in [2.75, 3.05) is 19.8 Å². The van der Waals surface area contributed by atoms with Crippen LogP contribution < -0.4 is 5.32 Å². The predicted octanol–water partition coefficient (Wildman–Crippen LogP) is 2.08. The summed E-state index contributed by atoms with van der Waals surface area (Å²) < 4.78 is 5.50. The lowest BCUT2D eigenvalue weighted by atomic mass is 10.4. The Bertz CT molecular complexity index is 252. The summed E-state index contributed by atoms with van der Waals surface area (Å²) in [5, 5.41) is 5.37. The fourth-order valence-electron chi connectivity index (χ4n) is 1.22. The zero-order valence-corrected chi connectivity index (χ0v) is 10.3. The van der Waals surface area contributed by atoms with Crippen LogP contribution in [-0.2, 0) is 11.3 Å². The van der Waals surface area contributed by atoms with Crippen LogP contribution in [0.3, 0.4) is 0 Å². The quantitative estimate of drug-likeness (QED) is 0.751. The Kier molecular flexibility index (Phi) is 6.17. The van der Waals surface area contributed by atoms with Crippen molar-refractivity contribution in [2.24, 2.45) is 5.92 Å². The van der Waals surface area contributed by atoms with Crippen LogP contribution in [-0.4, -0.2) is 24.7 Å². The molecule has 1 aromatic rings. The minimum Gasteiger partial charge on any atom is -0.380 e. The number of hydrogen-bond donors (Lipinski definition) is 1. The average Bonchev–Trinajstić information content (AvgIpc) is 2.87. The van der Waals surface area contributed by atoms with E-state index in [9.17, 15) is 0 Å². The number of halogens is 1. The lowest BCUT2D eigenvalue weighted by Crippen LogP contribution is -2.19. The third-order valence-electron chi connectivity index (χ3n) is 2.26. The molecule has 0 atom stereocenters. The lowest BCUT2D eigenvalue weighted by molar-refractivity contribution is 0.126. The fourth-order valence-corrected chi connectivity index (χ4v) is 1.78. The van der Waals surface area contributed by atoms with Gasteiger partial charge < -0.3 is 10.1 Å². The molecule has 1 aliphatic carbocycles. The molecule has 0 bridgehead atoms. The van der Waals surface area contributed by atoms with Crippen molar-refractivity contribution in [3.05, 3.63) is 16.6 Å². The lowest BCUT2D eigenvalue weighted by Gasteiger charge is -2.03. The maximum atomic E-state index is 5.50. The van der Waals surface area contributed by atoms with Crippen LogP contribution in [0.2, 0.25) is 0 Å². The molecule has 5 heteroatoms. The van der Waals surface area contributed by atoms with Gasteiger partial charge in [0.2, 0.25) is 0 Å². The number of aromatic nitrogens is 1. The van der Waals surface area contributed by atoms with Crippen LogP contribution >= 0.6 is 23.7 Å². The Labute approximate surface area is 101 Å². The van der Waals surface area contributed by atoms with E-state index >= 15 is 0 Å². The highest BCUT2D eigenvalue weighted by Gasteiger charge is 2.20. The summed E-state index contributed by atoms with van der Waals surface area (Å²) >= 11 is 1.64. The normalized spacial score (nSPS) is 14.9. The van der Waals surface area contributed by atoms with Crippen molar-refractivity contribution in [1.29, 1.82) is 0 Å². The zero-order valence-electron chi connectivity index (χ0n) is 8.65. The third-order valence-corrected chi connectivity index (χ3v) is 2.90. The molecule has 0 aliphatic heterocycles. The number of nitrogens with zero attached hydrogens (tertiary/aromatic N) is 1. The summed E-state index contributed by atoms with van der Waals surface area (Å²) in [6, 6.07) is 0. The second-order valence-corrected chi connectivity index (χ2v) is 4.39. The van der Waals surface area contributed by atoms with Gasteiger partial charge in [-0.15, -0.1) is 23.7 Å². The van der Waals surface area contributed by atoms with E-state index in [2.05, 4.69) is 15.7 Å². The second-order valence-electron chi connectivity index (χ2n) is 3.67. The minimum atomic E-state index is 0. The number of hydrogen-bond acceptors (Lipinski definition) is 4. The van der Waals surface area contributed by atoms with E-state index in [0.29, 0.717) is 0 Å². The first-order valence-electron chi connectivity index (χ1n) is 5.10. The summed E-state index contributed by atoms with van der Waals surface area (Å²) in [6.45, 7) is 3.56. The van der Waals surface area contributed by atoms with Gasteiger partial charge in [-0.3, -0.25) is 0 Å². The Hall–Kier alpha value is -0.160. The van der Waals surface area contributed by atoms with E-state index in [1.54, 1.807) is 11.3 Å². The molecule has 1 aliphatic rings. The molecule has 1 fully saturated rings. The minimum absolute atomic E-state index is 0. The number of ether oxygens (including phenoxy) is 1. The van der Waals surface area contributed by atoms with E-state index in [0.717, 1.165) is 37.9 Å². The van der Waals surface area contributed by atoms with Crippen LogP contribution in [0.25, 0.3) is 0 Å². The number of nitrogens with one attached hydrogen (secondary N) is 1. The van der Waals surface area contributed by atoms with Crippen LogP contribution in [0.15, 0.2) is 10.9 Å². The molecular weight excluding hydrogens is 232 g/mol. The first-order chi connectivity index (χ1) is 6.95. The van der Waals surface area contributed by atoms with Gasteiger partial charge in [0, 0.05) is 25.1 Å². The molecule has 1 heterocycles. The highest BCUT2D eigenvalue weighted by atomic mass is 35.5. The van der Waals surface area contributed by atoms with Crippen molar-refractivity contribution < 1.29 is 4.74 Å². The Balaban J connectivity index is 0.00000112. The Morgan fingerprint density at radius 1 is 1.53 bits per heavy atom. The smallest absolute Gasteiger partial charge is 0.0795 e. The maximum absolute atomic E-state index is 5.50. The van der Waals surface area contributed by atoms with Gasteiger partial charge in [0.25, 0.3) is 0 Å². The molecule has 2 rings (SSSR count). The average molecular weight is 249 g/mol. The van der Waals surface area contributed by atoms with Crippen molar-refractivity contribution in [2.45, 2.75) is 19.4 Å².